The highest BCUT2D eigenvalue weighted by molar-refractivity contribution is 7.89. The Morgan fingerprint density at radius 2 is 2.23 bits per heavy atom. The second-order valence-electron chi connectivity index (χ2n) is 6.58. The standard InChI is InChI=1S/C18H19FN2O4S/c1-24-10-12-9-21(26(22,23)14-3-2-6-20-8-14)18-15-7-13(19)4-5-17(15)25-11-16(12)18/h2-8,12,16,18H,9-11H2,1H3/t12-,16-,18-/m0/s1. The first-order valence-corrected chi connectivity index (χ1v) is 9.79. The highest BCUT2D eigenvalue weighted by Crippen LogP contribution is 2.49. The third-order valence-corrected chi connectivity index (χ3v) is 6.91. The number of benzene rings is 1. The first-order valence-electron chi connectivity index (χ1n) is 8.35. The van der Waals surface area contributed by atoms with E-state index in [1.165, 1.54) is 34.9 Å². The highest BCUT2D eigenvalue weighted by Gasteiger charge is 2.51. The number of halogens is 1. The summed E-state index contributed by atoms with van der Waals surface area (Å²) in [5.41, 5.74) is 0.562. The summed E-state index contributed by atoms with van der Waals surface area (Å²) in [6.45, 7) is 1.07. The Balaban J connectivity index is 1.82. The molecular formula is C18H19FN2O4S. The number of nitrogens with zero attached hydrogens (tertiary/aromatic N) is 2. The molecule has 2 aliphatic heterocycles. The van der Waals surface area contributed by atoms with Gasteiger partial charge in [-0.25, -0.2) is 12.8 Å². The lowest BCUT2D eigenvalue weighted by Gasteiger charge is -2.34. The van der Waals surface area contributed by atoms with Crippen molar-refractivity contribution < 1.29 is 22.3 Å². The fourth-order valence-corrected chi connectivity index (χ4v) is 5.58. The van der Waals surface area contributed by atoms with Crippen LogP contribution in [0.2, 0.25) is 0 Å². The molecule has 0 spiro atoms. The van der Waals surface area contributed by atoms with Crippen molar-refractivity contribution in [1.82, 2.24) is 9.29 Å². The van der Waals surface area contributed by atoms with Gasteiger partial charge in [0.25, 0.3) is 0 Å². The molecule has 1 aromatic heterocycles. The van der Waals surface area contributed by atoms with E-state index in [1.807, 2.05) is 0 Å². The molecule has 4 rings (SSSR count). The molecule has 0 N–H and O–H groups in total. The molecule has 1 fully saturated rings. The molecular weight excluding hydrogens is 359 g/mol. The van der Waals surface area contributed by atoms with Gasteiger partial charge in [-0.1, -0.05) is 0 Å². The Labute approximate surface area is 151 Å². The minimum absolute atomic E-state index is 0.0344. The summed E-state index contributed by atoms with van der Waals surface area (Å²) in [6, 6.07) is 6.87. The zero-order valence-corrected chi connectivity index (χ0v) is 15.0. The van der Waals surface area contributed by atoms with Gasteiger partial charge in [-0.15, -0.1) is 0 Å². The average molecular weight is 378 g/mol. The van der Waals surface area contributed by atoms with Crippen molar-refractivity contribution >= 4 is 10.0 Å². The maximum Gasteiger partial charge on any atom is 0.245 e. The monoisotopic (exact) mass is 378 g/mol. The molecule has 26 heavy (non-hydrogen) atoms. The third kappa shape index (κ3) is 2.78. The van der Waals surface area contributed by atoms with E-state index in [9.17, 15) is 12.8 Å². The van der Waals surface area contributed by atoms with Crippen molar-refractivity contribution in [1.29, 1.82) is 0 Å². The van der Waals surface area contributed by atoms with Crippen LogP contribution in [0, 0.1) is 17.7 Å². The largest absolute Gasteiger partial charge is 0.493 e. The second-order valence-corrected chi connectivity index (χ2v) is 8.47. The fourth-order valence-electron chi connectivity index (χ4n) is 3.91. The lowest BCUT2D eigenvalue weighted by atomic mass is 9.86. The first kappa shape index (κ1) is 17.4. The van der Waals surface area contributed by atoms with Gasteiger partial charge in [0.05, 0.1) is 19.3 Å². The molecule has 1 saturated heterocycles. The summed E-state index contributed by atoms with van der Waals surface area (Å²) >= 11 is 0. The van der Waals surface area contributed by atoms with Gasteiger partial charge in [-0.05, 0) is 30.3 Å². The van der Waals surface area contributed by atoms with Crippen LogP contribution in [0.3, 0.4) is 0 Å². The summed E-state index contributed by atoms with van der Waals surface area (Å²) in [5.74, 6) is -0.0254. The molecule has 3 atom stereocenters. The van der Waals surface area contributed by atoms with Gasteiger partial charge in [-0.2, -0.15) is 4.31 Å². The van der Waals surface area contributed by atoms with Gasteiger partial charge in [0.2, 0.25) is 10.0 Å². The van der Waals surface area contributed by atoms with E-state index in [4.69, 9.17) is 9.47 Å². The molecule has 2 aliphatic rings. The molecule has 6 nitrogen and oxygen atoms in total. The SMILES string of the molecule is COC[C@@H]1CN(S(=O)(=O)c2cccnc2)[C@H]2c3cc(F)ccc3OC[C@@H]12. The summed E-state index contributed by atoms with van der Waals surface area (Å²) < 4.78 is 52.9. The Bertz CT molecular complexity index is 907. The smallest absolute Gasteiger partial charge is 0.245 e. The number of fused-ring (bicyclic) bond motifs is 3. The zero-order valence-electron chi connectivity index (χ0n) is 14.2. The maximum absolute atomic E-state index is 13.9. The number of ether oxygens (including phenoxy) is 2. The van der Waals surface area contributed by atoms with Crippen LogP contribution in [0.1, 0.15) is 11.6 Å². The lowest BCUT2D eigenvalue weighted by Crippen LogP contribution is -2.35. The number of rotatable bonds is 4. The third-order valence-electron chi connectivity index (χ3n) is 5.08. The van der Waals surface area contributed by atoms with Gasteiger partial charge in [0.1, 0.15) is 16.5 Å². The molecule has 0 saturated carbocycles. The van der Waals surface area contributed by atoms with E-state index in [1.54, 1.807) is 19.2 Å². The maximum atomic E-state index is 13.9. The molecule has 2 aromatic rings. The average Bonchev–Trinajstić information content (AvgIpc) is 3.03. The van der Waals surface area contributed by atoms with Crippen LogP contribution in [0.4, 0.5) is 4.39 Å². The van der Waals surface area contributed by atoms with Crippen LogP contribution < -0.4 is 4.74 Å². The van der Waals surface area contributed by atoms with Gasteiger partial charge in [0, 0.05) is 43.4 Å². The lowest BCUT2D eigenvalue weighted by molar-refractivity contribution is 0.101. The molecule has 8 heteroatoms. The molecule has 3 heterocycles. The van der Waals surface area contributed by atoms with Crippen LogP contribution in [0.5, 0.6) is 5.75 Å². The zero-order chi connectivity index (χ0) is 18.3. The predicted molar refractivity (Wildman–Crippen MR) is 91.6 cm³/mol. The van der Waals surface area contributed by atoms with Crippen LogP contribution in [-0.2, 0) is 14.8 Å². The van der Waals surface area contributed by atoms with Crippen molar-refractivity contribution in [3.8, 4) is 5.75 Å². The summed E-state index contributed by atoms with van der Waals surface area (Å²) in [5, 5.41) is 0. The Kier molecular flexibility index (Phi) is 4.42. The topological polar surface area (TPSA) is 68.7 Å². The second kappa shape index (κ2) is 6.61. The molecule has 0 aliphatic carbocycles. The Morgan fingerprint density at radius 1 is 1.38 bits per heavy atom. The van der Waals surface area contributed by atoms with Crippen molar-refractivity contribution in [2.24, 2.45) is 11.8 Å². The van der Waals surface area contributed by atoms with Crippen LogP contribution >= 0.6 is 0 Å². The quantitative estimate of drug-likeness (QED) is 0.816. The van der Waals surface area contributed by atoms with Crippen molar-refractivity contribution in [3.05, 3.63) is 54.1 Å². The van der Waals surface area contributed by atoms with Crippen molar-refractivity contribution in [3.63, 3.8) is 0 Å². The molecule has 0 bridgehead atoms. The normalized spacial score (nSPS) is 25.4. The van der Waals surface area contributed by atoms with E-state index in [2.05, 4.69) is 4.98 Å². The van der Waals surface area contributed by atoms with E-state index in [-0.39, 0.29) is 16.7 Å². The van der Waals surface area contributed by atoms with Crippen LogP contribution in [0.25, 0.3) is 0 Å². The van der Waals surface area contributed by atoms with Crippen LogP contribution in [-0.4, -0.2) is 44.6 Å². The molecule has 0 radical (unpaired) electrons. The van der Waals surface area contributed by atoms with E-state index in [0.717, 1.165) is 0 Å². The Morgan fingerprint density at radius 3 is 2.96 bits per heavy atom. The van der Waals surface area contributed by atoms with Crippen molar-refractivity contribution in [2.45, 2.75) is 10.9 Å². The molecule has 138 valence electrons. The number of hydrogen-bond acceptors (Lipinski definition) is 5. The number of hydrogen-bond donors (Lipinski definition) is 0. The van der Waals surface area contributed by atoms with Gasteiger partial charge >= 0.3 is 0 Å². The number of pyridine rings is 1. The van der Waals surface area contributed by atoms with Gasteiger partial charge < -0.3 is 9.47 Å². The minimum atomic E-state index is -3.78. The van der Waals surface area contributed by atoms with E-state index < -0.39 is 21.9 Å². The van der Waals surface area contributed by atoms with E-state index >= 15 is 0 Å². The Hall–Kier alpha value is -2.03. The van der Waals surface area contributed by atoms with Crippen molar-refractivity contribution in [2.75, 3.05) is 26.9 Å². The summed E-state index contributed by atoms with van der Waals surface area (Å²) in [7, 11) is -2.19. The molecule has 0 amide bonds. The van der Waals surface area contributed by atoms with Gasteiger partial charge in [0.15, 0.2) is 0 Å². The molecule has 0 unspecified atom stereocenters. The number of methoxy groups -OCH3 is 1. The van der Waals surface area contributed by atoms with Gasteiger partial charge in [-0.3, -0.25) is 4.98 Å². The van der Waals surface area contributed by atoms with E-state index in [0.29, 0.717) is 31.1 Å². The molecule has 1 aromatic carbocycles. The van der Waals surface area contributed by atoms with Crippen LogP contribution in [0.15, 0.2) is 47.6 Å². The predicted octanol–water partition coefficient (Wildman–Crippen LogP) is 2.24. The number of sulfonamides is 1. The first-order chi connectivity index (χ1) is 12.5. The summed E-state index contributed by atoms with van der Waals surface area (Å²) in [4.78, 5) is 4.05. The number of aromatic nitrogens is 1. The minimum Gasteiger partial charge on any atom is -0.493 e. The fraction of sp³-hybridized carbons (Fsp3) is 0.389. The summed E-state index contributed by atoms with van der Waals surface area (Å²) in [6.07, 6.45) is 2.86. The highest BCUT2D eigenvalue weighted by atomic mass is 32.2.